The van der Waals surface area contributed by atoms with Crippen molar-refractivity contribution in [2.75, 3.05) is 5.32 Å². The monoisotopic (exact) mass is 382 g/mol. The zero-order chi connectivity index (χ0) is 17.7. The number of anilines is 1. The van der Waals surface area contributed by atoms with Crippen LogP contribution in [0.1, 0.15) is 24.2 Å². The SMILES string of the molecule is CC(C)Oc1cccc(NC(=S)NC(=O)c2ccc(Cl)cc2Cl)c1. The maximum absolute atomic E-state index is 12.2. The molecule has 1 amide bonds. The standard InChI is InChI=1S/C17H16Cl2N2O2S/c1-10(2)23-13-5-3-4-12(9-13)20-17(24)21-16(22)14-7-6-11(18)8-15(14)19/h3-10H,1-2H3,(H2,20,21,22,24). The predicted molar refractivity (Wildman–Crippen MR) is 102 cm³/mol. The van der Waals surface area contributed by atoms with Crippen LogP contribution in [0.5, 0.6) is 5.75 Å². The molecule has 4 nitrogen and oxygen atoms in total. The van der Waals surface area contributed by atoms with Crippen LogP contribution in [0.25, 0.3) is 0 Å². The van der Waals surface area contributed by atoms with Crippen LogP contribution in [0.3, 0.4) is 0 Å². The van der Waals surface area contributed by atoms with Crippen LogP contribution < -0.4 is 15.4 Å². The molecule has 126 valence electrons. The van der Waals surface area contributed by atoms with Crippen LogP contribution in [-0.4, -0.2) is 17.1 Å². The van der Waals surface area contributed by atoms with Crippen molar-refractivity contribution in [3.63, 3.8) is 0 Å². The van der Waals surface area contributed by atoms with Gasteiger partial charge in [0.2, 0.25) is 0 Å². The summed E-state index contributed by atoms with van der Waals surface area (Å²) in [6.45, 7) is 3.89. The Morgan fingerprint density at radius 2 is 1.92 bits per heavy atom. The van der Waals surface area contributed by atoms with Crippen LogP contribution in [0, 0.1) is 0 Å². The Balaban J connectivity index is 2.01. The van der Waals surface area contributed by atoms with Gasteiger partial charge in [-0.1, -0.05) is 29.3 Å². The van der Waals surface area contributed by atoms with Gasteiger partial charge in [-0.25, -0.2) is 0 Å². The van der Waals surface area contributed by atoms with Gasteiger partial charge in [-0.2, -0.15) is 0 Å². The fourth-order valence-electron chi connectivity index (χ4n) is 1.93. The molecule has 0 saturated heterocycles. The van der Waals surface area contributed by atoms with E-state index in [4.69, 9.17) is 40.2 Å². The minimum atomic E-state index is -0.413. The quantitative estimate of drug-likeness (QED) is 0.737. The molecule has 2 aromatic carbocycles. The summed E-state index contributed by atoms with van der Waals surface area (Å²) in [7, 11) is 0. The van der Waals surface area contributed by atoms with Gasteiger partial charge in [0.05, 0.1) is 16.7 Å². The van der Waals surface area contributed by atoms with Crippen molar-refractivity contribution in [3.05, 3.63) is 58.1 Å². The maximum atomic E-state index is 12.2. The van der Waals surface area contributed by atoms with Gasteiger partial charge in [-0.05, 0) is 56.4 Å². The lowest BCUT2D eigenvalue weighted by molar-refractivity contribution is 0.0978. The third-order valence-corrected chi connectivity index (χ3v) is 3.62. The Morgan fingerprint density at radius 1 is 1.17 bits per heavy atom. The molecule has 0 bridgehead atoms. The van der Waals surface area contributed by atoms with Crippen LogP contribution in [0.15, 0.2) is 42.5 Å². The number of hydrogen-bond donors (Lipinski definition) is 2. The van der Waals surface area contributed by atoms with E-state index >= 15 is 0 Å². The van der Waals surface area contributed by atoms with Crippen molar-refractivity contribution in [2.24, 2.45) is 0 Å². The van der Waals surface area contributed by atoms with E-state index in [1.165, 1.54) is 6.07 Å². The number of carbonyl (C=O) groups is 1. The Kier molecular flexibility index (Phi) is 6.43. The minimum Gasteiger partial charge on any atom is -0.491 e. The van der Waals surface area contributed by atoms with E-state index in [2.05, 4.69) is 10.6 Å². The average molecular weight is 383 g/mol. The van der Waals surface area contributed by atoms with Gasteiger partial charge in [0, 0.05) is 16.8 Å². The molecule has 0 radical (unpaired) electrons. The highest BCUT2D eigenvalue weighted by molar-refractivity contribution is 7.80. The zero-order valence-corrected chi connectivity index (χ0v) is 15.4. The van der Waals surface area contributed by atoms with E-state index in [0.29, 0.717) is 22.0 Å². The fourth-order valence-corrected chi connectivity index (χ4v) is 2.63. The molecular formula is C17H16Cl2N2O2S. The molecule has 0 unspecified atom stereocenters. The summed E-state index contributed by atoms with van der Waals surface area (Å²) in [6, 6.07) is 11.9. The van der Waals surface area contributed by atoms with Gasteiger partial charge in [-0.15, -0.1) is 0 Å². The van der Waals surface area contributed by atoms with E-state index < -0.39 is 5.91 Å². The highest BCUT2D eigenvalue weighted by Crippen LogP contribution is 2.21. The molecule has 2 aromatic rings. The van der Waals surface area contributed by atoms with E-state index in [0.717, 1.165) is 0 Å². The highest BCUT2D eigenvalue weighted by Gasteiger charge is 2.12. The van der Waals surface area contributed by atoms with E-state index in [-0.39, 0.29) is 16.2 Å². The van der Waals surface area contributed by atoms with Crippen molar-refractivity contribution >= 4 is 52.1 Å². The molecule has 24 heavy (non-hydrogen) atoms. The molecule has 2 N–H and O–H groups in total. The molecule has 2 rings (SSSR count). The summed E-state index contributed by atoms with van der Waals surface area (Å²) in [5.74, 6) is 0.300. The average Bonchev–Trinajstić information content (AvgIpc) is 2.46. The van der Waals surface area contributed by atoms with Crippen molar-refractivity contribution in [1.29, 1.82) is 0 Å². The first kappa shape index (κ1) is 18.5. The van der Waals surface area contributed by atoms with Crippen molar-refractivity contribution in [2.45, 2.75) is 20.0 Å². The summed E-state index contributed by atoms with van der Waals surface area (Å²) in [5.41, 5.74) is 1.00. The Labute approximate surface area is 156 Å². The topological polar surface area (TPSA) is 50.4 Å². The Hall–Kier alpha value is -1.82. The lowest BCUT2D eigenvalue weighted by Crippen LogP contribution is -2.34. The Morgan fingerprint density at radius 3 is 2.58 bits per heavy atom. The number of nitrogens with one attached hydrogen (secondary N) is 2. The summed E-state index contributed by atoms with van der Waals surface area (Å²) < 4.78 is 5.61. The normalized spacial score (nSPS) is 10.4. The largest absolute Gasteiger partial charge is 0.491 e. The maximum Gasteiger partial charge on any atom is 0.258 e. The lowest BCUT2D eigenvalue weighted by Gasteiger charge is -2.13. The molecular weight excluding hydrogens is 367 g/mol. The third-order valence-electron chi connectivity index (χ3n) is 2.87. The fraction of sp³-hybridized carbons (Fsp3) is 0.176. The second kappa shape index (κ2) is 8.33. The van der Waals surface area contributed by atoms with E-state index in [1.807, 2.05) is 32.0 Å². The van der Waals surface area contributed by atoms with Crippen molar-refractivity contribution < 1.29 is 9.53 Å². The number of halogens is 2. The number of rotatable bonds is 4. The lowest BCUT2D eigenvalue weighted by atomic mass is 10.2. The van der Waals surface area contributed by atoms with Crippen LogP contribution in [0.4, 0.5) is 5.69 Å². The van der Waals surface area contributed by atoms with Gasteiger partial charge in [0.25, 0.3) is 5.91 Å². The molecule has 0 saturated carbocycles. The number of thiocarbonyl (C=S) groups is 1. The van der Waals surface area contributed by atoms with Crippen molar-refractivity contribution in [1.82, 2.24) is 5.32 Å². The summed E-state index contributed by atoms with van der Waals surface area (Å²) in [4.78, 5) is 12.2. The molecule has 7 heteroatoms. The van der Waals surface area contributed by atoms with E-state index in [9.17, 15) is 4.79 Å². The van der Waals surface area contributed by atoms with Gasteiger partial charge in [-0.3, -0.25) is 10.1 Å². The van der Waals surface area contributed by atoms with Gasteiger partial charge in [0.1, 0.15) is 5.75 Å². The van der Waals surface area contributed by atoms with Gasteiger partial charge >= 0.3 is 0 Å². The second-order valence-electron chi connectivity index (χ2n) is 5.23. The first-order valence-electron chi connectivity index (χ1n) is 7.19. The minimum absolute atomic E-state index is 0.0685. The van der Waals surface area contributed by atoms with Crippen LogP contribution in [-0.2, 0) is 0 Å². The summed E-state index contributed by atoms with van der Waals surface area (Å²) >= 11 is 17.0. The number of hydrogen-bond acceptors (Lipinski definition) is 3. The molecule has 0 aliphatic heterocycles. The zero-order valence-electron chi connectivity index (χ0n) is 13.1. The van der Waals surface area contributed by atoms with Crippen molar-refractivity contribution in [3.8, 4) is 5.75 Å². The molecule has 0 aliphatic rings. The Bertz CT molecular complexity index is 766. The van der Waals surface area contributed by atoms with Crippen LogP contribution >= 0.6 is 35.4 Å². The predicted octanol–water partition coefficient (Wildman–Crippen LogP) is 4.91. The smallest absolute Gasteiger partial charge is 0.258 e. The third kappa shape index (κ3) is 5.37. The molecule has 0 aliphatic carbocycles. The number of benzene rings is 2. The second-order valence-corrected chi connectivity index (χ2v) is 6.48. The number of amides is 1. The van der Waals surface area contributed by atoms with Gasteiger partial charge < -0.3 is 10.1 Å². The molecule has 0 fully saturated rings. The number of carbonyl (C=O) groups excluding carboxylic acids is 1. The van der Waals surface area contributed by atoms with Crippen LogP contribution in [0.2, 0.25) is 10.0 Å². The summed E-state index contributed by atoms with van der Waals surface area (Å²) in [5, 5.41) is 6.39. The highest BCUT2D eigenvalue weighted by atomic mass is 35.5. The van der Waals surface area contributed by atoms with E-state index in [1.54, 1.807) is 18.2 Å². The molecule has 0 heterocycles. The summed E-state index contributed by atoms with van der Waals surface area (Å²) in [6.07, 6.45) is 0.0685. The molecule has 0 spiro atoms. The first-order chi connectivity index (χ1) is 11.3. The molecule has 0 aromatic heterocycles. The first-order valence-corrected chi connectivity index (χ1v) is 8.35. The molecule has 0 atom stereocenters. The number of ether oxygens (including phenoxy) is 1. The van der Waals surface area contributed by atoms with Gasteiger partial charge in [0.15, 0.2) is 5.11 Å².